The van der Waals surface area contributed by atoms with Gasteiger partial charge in [0, 0.05) is 22.2 Å². The number of Topliss-reactive ketones (excluding diaryl/α,β-unsaturated/α-hetero) is 2. The number of rotatable bonds is 9. The van der Waals surface area contributed by atoms with E-state index in [1.165, 1.54) is 26.4 Å². The Morgan fingerprint density at radius 1 is 0.738 bits per heavy atom. The molecule has 1 aliphatic rings. The van der Waals surface area contributed by atoms with Crippen LogP contribution in [-0.4, -0.2) is 31.8 Å². The van der Waals surface area contributed by atoms with Gasteiger partial charge in [0.1, 0.15) is 6.61 Å². The van der Waals surface area contributed by atoms with Crippen LogP contribution in [0, 0.1) is 0 Å². The molecule has 0 fully saturated rings. The van der Waals surface area contributed by atoms with Gasteiger partial charge in [-0.1, -0.05) is 60.1 Å². The van der Waals surface area contributed by atoms with E-state index in [4.69, 9.17) is 30.5 Å². The molecule has 0 spiro atoms. The second kappa shape index (κ2) is 12.6. The van der Waals surface area contributed by atoms with E-state index < -0.39 is 5.97 Å². The minimum Gasteiger partial charge on any atom is -0.493 e. The van der Waals surface area contributed by atoms with E-state index in [1.54, 1.807) is 78.9 Å². The first-order valence-corrected chi connectivity index (χ1v) is 13.3. The van der Waals surface area contributed by atoms with Crippen molar-refractivity contribution in [1.29, 1.82) is 0 Å². The van der Waals surface area contributed by atoms with Crippen molar-refractivity contribution in [3.05, 3.63) is 129 Å². The van der Waals surface area contributed by atoms with Gasteiger partial charge in [0.25, 0.3) is 0 Å². The van der Waals surface area contributed by atoms with Crippen LogP contribution < -0.4 is 18.9 Å². The standard InChI is InChI=1S/C34H25ClO7/c1-39-30-18-21(9-14-28(30)41-20-22-7-12-24(35)13-8-22)11-16-32(36)42-29-15-10-23(19-31(29)40-2)17-27-33(37)25-5-3-4-6-26(25)34(27)38/h3-19H,20H2,1-2H3/b16-11+. The number of esters is 1. The normalized spacial score (nSPS) is 12.3. The molecule has 0 N–H and O–H groups in total. The summed E-state index contributed by atoms with van der Waals surface area (Å²) in [5.74, 6) is 0.236. The maximum absolute atomic E-state index is 12.7. The molecule has 7 nitrogen and oxygen atoms in total. The van der Waals surface area contributed by atoms with E-state index in [-0.39, 0.29) is 28.6 Å². The lowest BCUT2D eigenvalue weighted by Gasteiger charge is -2.11. The third-order valence-electron chi connectivity index (χ3n) is 6.52. The second-order valence-electron chi connectivity index (χ2n) is 9.25. The summed E-state index contributed by atoms with van der Waals surface area (Å²) in [5.41, 5.74) is 3.05. The minimum absolute atomic E-state index is 0.0720. The topological polar surface area (TPSA) is 88.1 Å². The fourth-order valence-electron chi connectivity index (χ4n) is 4.38. The molecule has 0 unspecified atom stereocenters. The predicted molar refractivity (Wildman–Crippen MR) is 160 cm³/mol. The molecule has 0 bridgehead atoms. The first kappa shape index (κ1) is 28.4. The molecule has 1 aliphatic carbocycles. The zero-order valence-corrected chi connectivity index (χ0v) is 23.5. The number of ketones is 2. The van der Waals surface area contributed by atoms with E-state index in [2.05, 4.69) is 0 Å². The van der Waals surface area contributed by atoms with Gasteiger partial charge >= 0.3 is 5.97 Å². The molecule has 42 heavy (non-hydrogen) atoms. The van der Waals surface area contributed by atoms with Gasteiger partial charge in [-0.3, -0.25) is 9.59 Å². The molecule has 8 heteroatoms. The average molecular weight is 581 g/mol. The highest BCUT2D eigenvalue weighted by atomic mass is 35.5. The summed E-state index contributed by atoms with van der Waals surface area (Å²) in [6.45, 7) is 0.340. The summed E-state index contributed by atoms with van der Waals surface area (Å²) in [4.78, 5) is 38.0. The van der Waals surface area contributed by atoms with E-state index in [9.17, 15) is 14.4 Å². The third kappa shape index (κ3) is 6.27. The number of ether oxygens (including phenoxy) is 4. The van der Waals surface area contributed by atoms with Gasteiger partial charge in [0.05, 0.1) is 19.8 Å². The van der Waals surface area contributed by atoms with E-state index in [0.29, 0.717) is 45.4 Å². The molecule has 0 aromatic heterocycles. The van der Waals surface area contributed by atoms with Crippen molar-refractivity contribution in [3.8, 4) is 23.0 Å². The molecular weight excluding hydrogens is 556 g/mol. The lowest BCUT2D eigenvalue weighted by molar-refractivity contribution is -0.129. The maximum atomic E-state index is 12.7. The van der Waals surface area contributed by atoms with E-state index in [0.717, 1.165) is 5.56 Å². The molecule has 0 saturated heterocycles. The van der Waals surface area contributed by atoms with Crippen LogP contribution in [0.3, 0.4) is 0 Å². The predicted octanol–water partition coefficient (Wildman–Crippen LogP) is 7.02. The summed E-state index contributed by atoms with van der Waals surface area (Å²) >= 11 is 5.93. The molecule has 4 aromatic rings. The minimum atomic E-state index is -0.627. The summed E-state index contributed by atoms with van der Waals surface area (Å²) in [7, 11) is 2.97. The van der Waals surface area contributed by atoms with Crippen LogP contribution in [0.2, 0.25) is 5.02 Å². The first-order valence-electron chi connectivity index (χ1n) is 12.9. The Morgan fingerprint density at radius 2 is 1.33 bits per heavy atom. The van der Waals surface area contributed by atoms with E-state index in [1.807, 2.05) is 12.1 Å². The molecule has 0 heterocycles. The Morgan fingerprint density at radius 3 is 2.00 bits per heavy atom. The summed E-state index contributed by atoms with van der Waals surface area (Å²) < 4.78 is 22.2. The largest absolute Gasteiger partial charge is 0.493 e. The molecule has 5 rings (SSSR count). The van der Waals surface area contributed by atoms with Crippen LogP contribution in [-0.2, 0) is 11.4 Å². The van der Waals surface area contributed by atoms with Crippen LogP contribution in [0.5, 0.6) is 23.0 Å². The van der Waals surface area contributed by atoms with Crippen molar-refractivity contribution < 1.29 is 33.3 Å². The number of benzene rings is 4. The Labute approximate surface area is 247 Å². The van der Waals surface area contributed by atoms with Gasteiger partial charge in [-0.15, -0.1) is 0 Å². The lowest BCUT2D eigenvalue weighted by Crippen LogP contribution is -2.05. The van der Waals surface area contributed by atoms with Crippen LogP contribution >= 0.6 is 11.6 Å². The fourth-order valence-corrected chi connectivity index (χ4v) is 4.51. The number of carbonyl (C=O) groups excluding carboxylic acids is 3. The van der Waals surface area contributed by atoms with Gasteiger partial charge in [0.2, 0.25) is 0 Å². The molecule has 0 amide bonds. The Kier molecular flexibility index (Phi) is 8.50. The number of allylic oxidation sites excluding steroid dienone is 1. The number of methoxy groups -OCH3 is 2. The van der Waals surface area contributed by atoms with Crippen molar-refractivity contribution in [2.45, 2.75) is 6.61 Å². The van der Waals surface area contributed by atoms with Crippen molar-refractivity contribution in [2.75, 3.05) is 14.2 Å². The zero-order valence-electron chi connectivity index (χ0n) is 22.8. The molecule has 0 radical (unpaired) electrons. The van der Waals surface area contributed by atoms with Crippen LogP contribution in [0.4, 0.5) is 0 Å². The van der Waals surface area contributed by atoms with Gasteiger partial charge < -0.3 is 18.9 Å². The smallest absolute Gasteiger partial charge is 0.336 e. The Hall–Kier alpha value is -5.14. The summed E-state index contributed by atoms with van der Waals surface area (Å²) in [6.07, 6.45) is 4.38. The first-order chi connectivity index (χ1) is 20.4. The number of halogens is 1. The zero-order chi connectivity index (χ0) is 29.6. The highest BCUT2D eigenvalue weighted by molar-refractivity contribution is 6.41. The van der Waals surface area contributed by atoms with Crippen molar-refractivity contribution in [2.24, 2.45) is 0 Å². The van der Waals surface area contributed by atoms with Gasteiger partial charge in [-0.05, 0) is 65.2 Å². The van der Waals surface area contributed by atoms with Crippen molar-refractivity contribution in [1.82, 2.24) is 0 Å². The van der Waals surface area contributed by atoms with E-state index >= 15 is 0 Å². The van der Waals surface area contributed by atoms with Crippen molar-refractivity contribution in [3.63, 3.8) is 0 Å². The summed E-state index contributed by atoms with van der Waals surface area (Å²) in [6, 6.07) is 24.1. The van der Waals surface area contributed by atoms with Crippen LogP contribution in [0.15, 0.2) is 96.6 Å². The van der Waals surface area contributed by atoms with Crippen LogP contribution in [0.1, 0.15) is 37.4 Å². The molecule has 0 atom stereocenters. The molecule has 0 aliphatic heterocycles. The molecule has 0 saturated carbocycles. The third-order valence-corrected chi connectivity index (χ3v) is 6.77. The number of hydrogen-bond donors (Lipinski definition) is 0. The Balaban J connectivity index is 1.25. The lowest BCUT2D eigenvalue weighted by atomic mass is 10.1. The van der Waals surface area contributed by atoms with Gasteiger partial charge in [-0.25, -0.2) is 4.79 Å². The monoisotopic (exact) mass is 580 g/mol. The number of carbonyl (C=O) groups is 3. The highest BCUT2D eigenvalue weighted by Gasteiger charge is 2.32. The number of hydrogen-bond acceptors (Lipinski definition) is 7. The Bertz CT molecular complexity index is 1700. The molecule has 4 aromatic carbocycles. The SMILES string of the molecule is COc1cc(/C=C/C(=O)Oc2ccc(C=C3C(=O)c4ccccc4C3=O)cc2OC)ccc1OCc1ccc(Cl)cc1. The molecular formula is C34H25ClO7. The van der Waals surface area contributed by atoms with Crippen LogP contribution in [0.25, 0.3) is 12.2 Å². The van der Waals surface area contributed by atoms with Gasteiger partial charge in [-0.2, -0.15) is 0 Å². The average Bonchev–Trinajstić information content (AvgIpc) is 3.25. The second-order valence-corrected chi connectivity index (χ2v) is 9.69. The van der Waals surface area contributed by atoms with Gasteiger partial charge in [0.15, 0.2) is 34.6 Å². The quantitative estimate of drug-likeness (QED) is 0.0910. The summed E-state index contributed by atoms with van der Waals surface area (Å²) in [5, 5.41) is 0.653. The fraction of sp³-hybridized carbons (Fsp3) is 0.0882. The van der Waals surface area contributed by atoms with Crippen molar-refractivity contribution >= 4 is 41.3 Å². The molecule has 210 valence electrons. The highest BCUT2D eigenvalue weighted by Crippen LogP contribution is 2.33. The number of fused-ring (bicyclic) bond motifs is 1. The maximum Gasteiger partial charge on any atom is 0.336 e.